The highest BCUT2D eigenvalue weighted by atomic mass is 16.5. The lowest BCUT2D eigenvalue weighted by atomic mass is 9.66. The number of phenolic OH excluding ortho intramolecular Hbond substituents is 2. The van der Waals surface area contributed by atoms with E-state index in [-0.39, 0.29) is 39.9 Å². The quantitative estimate of drug-likeness (QED) is 0.381. The first-order valence-corrected chi connectivity index (χ1v) is 12.2. The second-order valence-electron chi connectivity index (χ2n) is 10.8. The molecule has 0 bridgehead atoms. The molecule has 2 aromatic rings. The number of aldehydes is 2. The largest absolute Gasteiger partial charge is 0.507 e. The van der Waals surface area contributed by atoms with Gasteiger partial charge in [0.15, 0.2) is 12.6 Å². The molecule has 1 aliphatic heterocycles. The maximum absolute atomic E-state index is 12.1. The summed E-state index contributed by atoms with van der Waals surface area (Å²) in [6.45, 7) is 8.60. The predicted octanol–water partition coefficient (Wildman–Crippen LogP) is 6.72. The molecule has 35 heavy (non-hydrogen) atoms. The van der Waals surface area contributed by atoms with E-state index in [1.165, 1.54) is 5.57 Å². The Labute approximate surface area is 207 Å². The van der Waals surface area contributed by atoms with E-state index < -0.39 is 11.4 Å². The van der Waals surface area contributed by atoms with E-state index in [9.17, 15) is 19.8 Å². The Morgan fingerprint density at radius 2 is 1.66 bits per heavy atom. The van der Waals surface area contributed by atoms with E-state index >= 15 is 0 Å². The number of aromatic hydroxyl groups is 2. The molecule has 1 heterocycles. The van der Waals surface area contributed by atoms with Crippen molar-refractivity contribution in [2.75, 3.05) is 0 Å². The number of hydrogen-bond acceptors (Lipinski definition) is 5. The molecule has 0 saturated carbocycles. The summed E-state index contributed by atoms with van der Waals surface area (Å²) >= 11 is 0. The Bertz CT molecular complexity index is 1190. The number of hydrogen-bond donors (Lipinski definition) is 2. The fourth-order valence-electron chi connectivity index (χ4n) is 5.57. The standard InChI is InChI=1S/C30H34O5/c1-19-11-12-23-24(20-9-6-5-7-10-20)25-27(34)21(17-31)26(33)22(18-32)28(25)35-30(23,4)15-8-14-29(2,3)16-13-19/h5-10,13-14,17-18,23-24,33-34H,11-12,15-16H2,1-4H3/b14-8+,19-13+/t23-,24?,30+/m1/s1. The molecular weight excluding hydrogens is 440 g/mol. The molecule has 0 radical (unpaired) electrons. The highest BCUT2D eigenvalue weighted by molar-refractivity contribution is 5.95. The summed E-state index contributed by atoms with van der Waals surface area (Å²) in [7, 11) is 0. The number of phenols is 2. The van der Waals surface area contributed by atoms with Gasteiger partial charge in [0.1, 0.15) is 22.8 Å². The van der Waals surface area contributed by atoms with Gasteiger partial charge in [0.2, 0.25) is 0 Å². The minimum absolute atomic E-state index is 0.00772. The van der Waals surface area contributed by atoms with Gasteiger partial charge in [-0.3, -0.25) is 9.59 Å². The molecule has 0 amide bonds. The number of carbonyl (C=O) groups excluding carboxylic acids is 2. The number of benzene rings is 2. The van der Waals surface area contributed by atoms with Crippen molar-refractivity contribution in [1.29, 1.82) is 0 Å². The van der Waals surface area contributed by atoms with Crippen molar-refractivity contribution in [3.8, 4) is 17.2 Å². The maximum atomic E-state index is 12.1. The summed E-state index contributed by atoms with van der Waals surface area (Å²) in [5, 5.41) is 21.9. The van der Waals surface area contributed by atoms with Gasteiger partial charge in [-0.1, -0.05) is 68.0 Å². The zero-order valence-electron chi connectivity index (χ0n) is 20.9. The third kappa shape index (κ3) is 4.52. The second-order valence-corrected chi connectivity index (χ2v) is 10.8. The maximum Gasteiger partial charge on any atom is 0.157 e. The Balaban J connectivity index is 2.01. The van der Waals surface area contributed by atoms with Crippen LogP contribution in [0.1, 0.15) is 91.1 Å². The monoisotopic (exact) mass is 474 g/mol. The normalized spacial score (nSPS) is 28.2. The molecule has 1 aliphatic carbocycles. The fourth-order valence-corrected chi connectivity index (χ4v) is 5.57. The van der Waals surface area contributed by atoms with Crippen LogP contribution in [0.4, 0.5) is 0 Å². The first-order valence-electron chi connectivity index (χ1n) is 12.2. The Kier molecular flexibility index (Phi) is 6.63. The number of fused-ring (bicyclic) bond motifs is 2. The molecular formula is C30H34O5. The zero-order chi connectivity index (χ0) is 25.4. The summed E-state index contributed by atoms with van der Waals surface area (Å²) in [4.78, 5) is 23.9. The first kappa shape index (κ1) is 24.8. The Morgan fingerprint density at radius 1 is 0.971 bits per heavy atom. The fraction of sp³-hybridized carbons (Fsp3) is 0.400. The van der Waals surface area contributed by atoms with Crippen molar-refractivity contribution in [1.82, 2.24) is 0 Å². The summed E-state index contributed by atoms with van der Waals surface area (Å²) < 4.78 is 6.60. The van der Waals surface area contributed by atoms with Gasteiger partial charge < -0.3 is 14.9 Å². The molecule has 0 saturated heterocycles. The van der Waals surface area contributed by atoms with Crippen LogP contribution in [0.2, 0.25) is 0 Å². The van der Waals surface area contributed by atoms with Crippen molar-refractivity contribution >= 4 is 12.6 Å². The van der Waals surface area contributed by atoms with Crippen LogP contribution >= 0.6 is 0 Å². The Hall–Kier alpha value is -3.34. The van der Waals surface area contributed by atoms with Crippen molar-refractivity contribution in [2.45, 2.75) is 64.9 Å². The van der Waals surface area contributed by atoms with E-state index in [0.717, 1.165) is 24.8 Å². The topological polar surface area (TPSA) is 83.8 Å². The first-order chi connectivity index (χ1) is 16.6. The van der Waals surface area contributed by atoms with Gasteiger partial charge in [0, 0.05) is 23.8 Å². The SMILES string of the molecule is C/C1=C\CC(C)(C)/C=C/C[C@]2(C)Oc3c(C=O)c(O)c(C=O)c(O)c3C(c3ccccc3)[C@H]2CC1. The van der Waals surface area contributed by atoms with Gasteiger partial charge in [-0.15, -0.1) is 0 Å². The highest BCUT2D eigenvalue weighted by Crippen LogP contribution is 2.57. The van der Waals surface area contributed by atoms with Crippen LogP contribution in [0.5, 0.6) is 17.2 Å². The van der Waals surface area contributed by atoms with Gasteiger partial charge in [-0.2, -0.15) is 0 Å². The predicted molar refractivity (Wildman–Crippen MR) is 137 cm³/mol. The van der Waals surface area contributed by atoms with Gasteiger partial charge in [-0.25, -0.2) is 0 Å². The third-order valence-corrected chi connectivity index (χ3v) is 7.66. The zero-order valence-corrected chi connectivity index (χ0v) is 20.9. The molecule has 0 fully saturated rings. The van der Waals surface area contributed by atoms with E-state index in [0.29, 0.717) is 24.6 Å². The number of carbonyl (C=O) groups is 2. The highest BCUT2D eigenvalue weighted by Gasteiger charge is 2.49. The van der Waals surface area contributed by atoms with E-state index in [4.69, 9.17) is 4.74 Å². The summed E-state index contributed by atoms with van der Waals surface area (Å²) in [6.07, 6.45) is 10.7. The minimum atomic E-state index is -0.718. The molecule has 5 heteroatoms. The van der Waals surface area contributed by atoms with Crippen LogP contribution in [0, 0.1) is 11.3 Å². The molecule has 0 aromatic heterocycles. The van der Waals surface area contributed by atoms with Crippen LogP contribution in [0.3, 0.4) is 0 Å². The lowest BCUT2D eigenvalue weighted by Gasteiger charge is -2.48. The molecule has 4 rings (SSSR count). The van der Waals surface area contributed by atoms with Crippen LogP contribution in [0.25, 0.3) is 0 Å². The smallest absolute Gasteiger partial charge is 0.157 e. The van der Waals surface area contributed by atoms with E-state index in [1.807, 2.05) is 37.3 Å². The van der Waals surface area contributed by atoms with Crippen LogP contribution in [-0.2, 0) is 0 Å². The van der Waals surface area contributed by atoms with Crippen molar-refractivity contribution in [3.63, 3.8) is 0 Å². The molecule has 184 valence electrons. The number of rotatable bonds is 3. The average Bonchev–Trinajstić information content (AvgIpc) is 2.83. The lowest BCUT2D eigenvalue weighted by molar-refractivity contribution is -0.00275. The minimum Gasteiger partial charge on any atom is -0.507 e. The van der Waals surface area contributed by atoms with Crippen molar-refractivity contribution in [3.05, 3.63) is 76.4 Å². The second kappa shape index (κ2) is 9.37. The molecule has 2 aliphatic rings. The average molecular weight is 475 g/mol. The van der Waals surface area contributed by atoms with Crippen LogP contribution in [0.15, 0.2) is 54.1 Å². The molecule has 2 aromatic carbocycles. The van der Waals surface area contributed by atoms with E-state index in [1.54, 1.807) is 0 Å². The van der Waals surface area contributed by atoms with Gasteiger partial charge in [0.05, 0.1) is 11.1 Å². The van der Waals surface area contributed by atoms with Gasteiger partial charge in [-0.05, 0) is 44.1 Å². The lowest BCUT2D eigenvalue weighted by Crippen LogP contribution is -2.47. The van der Waals surface area contributed by atoms with Crippen molar-refractivity contribution < 1.29 is 24.5 Å². The van der Waals surface area contributed by atoms with Crippen molar-refractivity contribution in [2.24, 2.45) is 11.3 Å². The third-order valence-electron chi connectivity index (χ3n) is 7.66. The Morgan fingerprint density at radius 3 is 2.31 bits per heavy atom. The van der Waals surface area contributed by atoms with Crippen LogP contribution < -0.4 is 4.74 Å². The molecule has 5 nitrogen and oxygen atoms in total. The summed E-state index contributed by atoms with van der Waals surface area (Å²) in [5.74, 6) is -1.12. The van der Waals surface area contributed by atoms with Gasteiger partial charge >= 0.3 is 0 Å². The molecule has 3 atom stereocenters. The molecule has 1 unspecified atom stereocenters. The van der Waals surface area contributed by atoms with E-state index in [2.05, 4.69) is 39.0 Å². The van der Waals surface area contributed by atoms with Crippen LogP contribution in [-0.4, -0.2) is 28.4 Å². The summed E-state index contributed by atoms with van der Waals surface area (Å²) in [6, 6.07) is 9.82. The number of allylic oxidation sites excluding steroid dienone is 3. The number of ether oxygens (including phenoxy) is 1. The summed E-state index contributed by atoms with van der Waals surface area (Å²) in [5.41, 5.74) is 1.54. The van der Waals surface area contributed by atoms with Gasteiger partial charge in [0.25, 0.3) is 0 Å². The molecule has 0 spiro atoms. The molecule has 2 N–H and O–H groups in total.